The van der Waals surface area contributed by atoms with Gasteiger partial charge in [-0.1, -0.05) is 24.3 Å². The Labute approximate surface area is 235 Å². The lowest BCUT2D eigenvalue weighted by molar-refractivity contribution is -0.161. The number of esters is 2. The molecule has 1 unspecified atom stereocenters. The Morgan fingerprint density at radius 2 is 1.70 bits per heavy atom. The van der Waals surface area contributed by atoms with Crippen LogP contribution in [0.25, 0.3) is 0 Å². The van der Waals surface area contributed by atoms with Crippen molar-refractivity contribution >= 4 is 23.6 Å². The van der Waals surface area contributed by atoms with Gasteiger partial charge in [0.15, 0.2) is 5.76 Å². The fourth-order valence-corrected chi connectivity index (χ4v) is 4.21. The van der Waals surface area contributed by atoms with Gasteiger partial charge in [-0.05, 0) is 69.9 Å². The number of hydrogen-bond acceptors (Lipinski definition) is 9. The molecule has 0 radical (unpaired) electrons. The summed E-state index contributed by atoms with van der Waals surface area (Å²) in [7, 11) is 1.29. The van der Waals surface area contributed by atoms with E-state index >= 15 is 0 Å². The maximum Gasteiger partial charge on any atom is 0.326 e. The van der Waals surface area contributed by atoms with Gasteiger partial charge < -0.3 is 24.8 Å². The first-order valence-electron chi connectivity index (χ1n) is 13.2. The molecule has 10 nitrogen and oxygen atoms in total. The Bertz CT molecular complexity index is 1240. The number of amides is 1. The number of nitrogens with one attached hydrogen (secondary N) is 1. The molecule has 10 heteroatoms. The second-order valence-corrected chi connectivity index (χ2v) is 11.4. The van der Waals surface area contributed by atoms with E-state index in [1.165, 1.54) is 13.2 Å². The third kappa shape index (κ3) is 8.05. The molecule has 1 aliphatic heterocycles. The van der Waals surface area contributed by atoms with Crippen LogP contribution in [0.4, 0.5) is 0 Å². The molecule has 3 N–H and O–H groups in total. The molecule has 2 aliphatic rings. The van der Waals surface area contributed by atoms with Crippen LogP contribution in [-0.2, 0) is 46.5 Å². The van der Waals surface area contributed by atoms with E-state index in [0.29, 0.717) is 12.1 Å². The van der Waals surface area contributed by atoms with Gasteiger partial charge in [0, 0.05) is 31.3 Å². The highest BCUT2D eigenvalue weighted by molar-refractivity contribution is 6.05. The number of ketones is 1. The van der Waals surface area contributed by atoms with E-state index in [0.717, 1.165) is 16.7 Å². The number of carbonyl (C=O) groups is 4. The minimum absolute atomic E-state index is 0.0466. The number of allylic oxidation sites excluding steroid dienone is 2. The van der Waals surface area contributed by atoms with Crippen LogP contribution >= 0.6 is 0 Å². The molecule has 1 amide bonds. The van der Waals surface area contributed by atoms with Crippen LogP contribution in [0.1, 0.15) is 58.6 Å². The van der Waals surface area contributed by atoms with E-state index in [-0.39, 0.29) is 43.5 Å². The van der Waals surface area contributed by atoms with Crippen molar-refractivity contribution in [3.63, 3.8) is 0 Å². The smallest absolute Gasteiger partial charge is 0.326 e. The van der Waals surface area contributed by atoms with Gasteiger partial charge >= 0.3 is 11.9 Å². The van der Waals surface area contributed by atoms with Gasteiger partial charge in [-0.2, -0.15) is 0 Å². The van der Waals surface area contributed by atoms with Crippen molar-refractivity contribution in [3.05, 3.63) is 70.6 Å². The van der Waals surface area contributed by atoms with Crippen LogP contribution < -0.4 is 11.1 Å². The highest BCUT2D eigenvalue weighted by Gasteiger charge is 2.34. The normalized spacial score (nSPS) is 15.9. The van der Waals surface area contributed by atoms with Crippen LogP contribution in [0.2, 0.25) is 0 Å². The number of hydrogen-bond donors (Lipinski definition) is 2. The lowest BCUT2D eigenvalue weighted by Gasteiger charge is -2.29. The summed E-state index contributed by atoms with van der Waals surface area (Å²) in [4.78, 5) is 50.6. The van der Waals surface area contributed by atoms with Crippen molar-refractivity contribution in [2.75, 3.05) is 13.7 Å². The molecule has 1 atom stereocenters. The fraction of sp³-hybridized carbons (Fsp3) is 0.467. The Hall–Kier alpha value is -3.92. The van der Waals surface area contributed by atoms with Gasteiger partial charge in [0.1, 0.15) is 23.8 Å². The molecular weight excluding hydrogens is 514 g/mol. The molecule has 0 saturated carbocycles. The van der Waals surface area contributed by atoms with Crippen LogP contribution in [0.5, 0.6) is 0 Å². The lowest BCUT2D eigenvalue weighted by Crippen LogP contribution is -2.49. The fourth-order valence-electron chi connectivity index (χ4n) is 4.21. The van der Waals surface area contributed by atoms with Gasteiger partial charge in [-0.3, -0.25) is 24.5 Å². The topological polar surface area (TPSA) is 137 Å². The van der Waals surface area contributed by atoms with Crippen LogP contribution in [-0.4, -0.2) is 59.4 Å². The Kier molecular flexibility index (Phi) is 9.57. The second-order valence-electron chi connectivity index (χ2n) is 11.4. The quantitative estimate of drug-likeness (QED) is 0.374. The Morgan fingerprint density at radius 1 is 1.05 bits per heavy atom. The number of rotatable bonds is 12. The molecule has 0 fully saturated rings. The highest BCUT2D eigenvalue weighted by Crippen LogP contribution is 2.32. The van der Waals surface area contributed by atoms with Crippen molar-refractivity contribution in [2.45, 2.75) is 77.8 Å². The minimum Gasteiger partial charge on any atom is -0.484 e. The number of methoxy groups -OCH3 is 1. The third-order valence-corrected chi connectivity index (χ3v) is 6.53. The average molecular weight is 554 g/mol. The zero-order chi connectivity index (χ0) is 29.7. The van der Waals surface area contributed by atoms with Crippen molar-refractivity contribution in [2.24, 2.45) is 5.73 Å². The van der Waals surface area contributed by atoms with Crippen molar-refractivity contribution in [1.82, 2.24) is 10.2 Å². The molecule has 3 rings (SSSR count). The maximum atomic E-state index is 12.7. The van der Waals surface area contributed by atoms with Gasteiger partial charge in [0.25, 0.3) is 0 Å². The third-order valence-electron chi connectivity index (χ3n) is 6.53. The minimum atomic E-state index is -0.856. The molecule has 0 spiro atoms. The zero-order valence-corrected chi connectivity index (χ0v) is 24.0. The average Bonchev–Trinajstić information content (AvgIpc) is 3.30. The molecule has 40 heavy (non-hydrogen) atoms. The summed E-state index contributed by atoms with van der Waals surface area (Å²) >= 11 is 0. The first-order chi connectivity index (χ1) is 18.7. The molecular formula is C30H39N3O7. The van der Waals surface area contributed by atoms with Crippen LogP contribution in [0, 0.1) is 0 Å². The molecule has 216 valence electrons. The van der Waals surface area contributed by atoms with Crippen molar-refractivity contribution in [3.8, 4) is 0 Å². The SMILES string of the molecule is COC(=O)CCC(C(N)=O)N1C=C2C=CC(=O)C(OCc3ccc(CNC(C)(C)C(=O)OC(C)(C)C)cc3)=C2C1. The van der Waals surface area contributed by atoms with Gasteiger partial charge in [-0.15, -0.1) is 0 Å². The molecule has 1 aliphatic carbocycles. The molecule has 1 heterocycles. The summed E-state index contributed by atoms with van der Waals surface area (Å²) in [5.74, 6) is -1.36. The maximum absolute atomic E-state index is 12.7. The van der Waals surface area contributed by atoms with E-state index in [1.807, 2.05) is 45.0 Å². The lowest BCUT2D eigenvalue weighted by atomic mass is 10.00. The predicted octanol–water partition coefficient (Wildman–Crippen LogP) is 2.81. The van der Waals surface area contributed by atoms with E-state index < -0.39 is 29.1 Å². The van der Waals surface area contributed by atoms with E-state index in [2.05, 4.69) is 10.1 Å². The van der Waals surface area contributed by atoms with E-state index in [9.17, 15) is 19.2 Å². The number of ether oxygens (including phenoxy) is 3. The van der Waals surface area contributed by atoms with Crippen molar-refractivity contribution < 1.29 is 33.4 Å². The molecule has 1 aromatic rings. The summed E-state index contributed by atoms with van der Waals surface area (Å²) < 4.78 is 16.1. The van der Waals surface area contributed by atoms with Gasteiger partial charge in [-0.25, -0.2) is 0 Å². The van der Waals surface area contributed by atoms with Crippen molar-refractivity contribution in [1.29, 1.82) is 0 Å². The molecule has 1 aromatic carbocycles. The van der Waals surface area contributed by atoms with Gasteiger partial charge in [0.05, 0.1) is 7.11 Å². The largest absolute Gasteiger partial charge is 0.484 e. The summed E-state index contributed by atoms with van der Waals surface area (Å²) in [5.41, 5.74) is 7.44. The predicted molar refractivity (Wildman–Crippen MR) is 148 cm³/mol. The van der Waals surface area contributed by atoms with E-state index in [1.54, 1.807) is 31.0 Å². The number of primary amides is 1. The monoisotopic (exact) mass is 553 g/mol. The molecule has 0 aromatic heterocycles. The molecule has 0 bridgehead atoms. The number of carbonyl (C=O) groups excluding carboxylic acids is 4. The number of nitrogens with two attached hydrogens (primary N) is 1. The molecule has 0 saturated heterocycles. The number of benzene rings is 1. The standard InChI is InChI=1S/C30H39N3O7/c1-29(2,3)40-28(37)30(4,5)32-15-19-7-9-20(10-8-19)18-39-26-22-17-33(16-21(22)11-13-24(26)34)23(27(31)36)12-14-25(35)38-6/h7-11,13,16,23,32H,12,14-15,17-18H2,1-6H3,(H2,31,36). The number of fused-ring (bicyclic) bond motifs is 1. The first kappa shape index (κ1) is 30.6. The zero-order valence-electron chi connectivity index (χ0n) is 24.0. The summed E-state index contributed by atoms with van der Waals surface area (Å²) in [6.45, 7) is 9.96. The summed E-state index contributed by atoms with van der Waals surface area (Å²) in [6, 6.07) is 6.94. The Balaban J connectivity index is 1.62. The highest BCUT2D eigenvalue weighted by atomic mass is 16.6. The Morgan fingerprint density at radius 3 is 2.30 bits per heavy atom. The number of nitrogens with zero attached hydrogens (tertiary/aromatic N) is 1. The van der Waals surface area contributed by atoms with Crippen LogP contribution in [0.15, 0.2) is 59.5 Å². The second kappa shape index (κ2) is 12.5. The first-order valence-corrected chi connectivity index (χ1v) is 13.2. The van der Waals surface area contributed by atoms with Crippen LogP contribution in [0.3, 0.4) is 0 Å². The van der Waals surface area contributed by atoms with Gasteiger partial charge in [0.2, 0.25) is 11.7 Å². The summed E-state index contributed by atoms with van der Waals surface area (Å²) in [5, 5.41) is 3.24. The summed E-state index contributed by atoms with van der Waals surface area (Å²) in [6.07, 6.45) is 5.12. The van der Waals surface area contributed by atoms with E-state index in [4.69, 9.17) is 15.2 Å².